The summed E-state index contributed by atoms with van der Waals surface area (Å²) in [6.45, 7) is 6.73. The van der Waals surface area contributed by atoms with Gasteiger partial charge in [-0.15, -0.1) is 0 Å². The molecule has 1 fully saturated rings. The largest absolute Gasteiger partial charge is 0.353 e. The Morgan fingerprint density at radius 1 is 0.906 bits per heavy atom. The van der Waals surface area contributed by atoms with Crippen LogP contribution in [0.2, 0.25) is 0 Å². The third kappa shape index (κ3) is 4.19. The lowest BCUT2D eigenvalue weighted by Crippen LogP contribution is -2.48. The van der Waals surface area contributed by atoms with Crippen LogP contribution in [0.1, 0.15) is 5.82 Å². The van der Waals surface area contributed by atoms with Crippen molar-refractivity contribution in [3.05, 3.63) is 71.2 Å². The van der Waals surface area contributed by atoms with Crippen LogP contribution in [0.3, 0.4) is 0 Å². The molecule has 9 nitrogen and oxygen atoms in total. The summed E-state index contributed by atoms with van der Waals surface area (Å²) in [5.41, 5.74) is 2.37. The lowest BCUT2D eigenvalue weighted by molar-refractivity contribution is 0.242. The van der Waals surface area contributed by atoms with E-state index in [0.29, 0.717) is 6.54 Å². The Bertz CT molecular complexity index is 1280. The van der Waals surface area contributed by atoms with Crippen molar-refractivity contribution in [1.29, 1.82) is 0 Å². The van der Waals surface area contributed by atoms with Crippen molar-refractivity contribution in [1.82, 2.24) is 34.6 Å². The van der Waals surface area contributed by atoms with Gasteiger partial charge in [0, 0.05) is 62.9 Å². The lowest BCUT2D eigenvalue weighted by Gasteiger charge is -2.35. The Balaban J connectivity index is 1.24. The maximum atomic E-state index is 12.3. The van der Waals surface area contributed by atoms with Gasteiger partial charge >= 0.3 is 0 Å². The zero-order chi connectivity index (χ0) is 21.9. The Morgan fingerprint density at radius 2 is 1.72 bits per heavy atom. The Morgan fingerprint density at radius 3 is 2.53 bits per heavy atom. The highest BCUT2D eigenvalue weighted by Gasteiger charge is 2.20. The van der Waals surface area contributed by atoms with Gasteiger partial charge in [0.1, 0.15) is 11.6 Å². The molecule has 0 aromatic carbocycles. The van der Waals surface area contributed by atoms with Gasteiger partial charge in [-0.3, -0.25) is 14.7 Å². The standard InChI is InChI=1S/C23H24N8O/c1-17-26-22-19(3-2-8-25-22)23(27-17)30-14-11-29(12-15-30)13-16-31-21(32)5-4-20(28-31)18-6-9-24-10-7-18/h2-10H,11-16H2,1H3. The first-order valence-corrected chi connectivity index (χ1v) is 10.7. The van der Waals surface area contributed by atoms with E-state index in [1.807, 2.05) is 31.2 Å². The smallest absolute Gasteiger partial charge is 0.266 e. The predicted molar refractivity (Wildman–Crippen MR) is 122 cm³/mol. The summed E-state index contributed by atoms with van der Waals surface area (Å²) in [6.07, 6.45) is 5.21. The number of rotatable bonds is 5. The second-order valence-corrected chi connectivity index (χ2v) is 7.81. The average Bonchev–Trinajstić information content (AvgIpc) is 2.84. The van der Waals surface area contributed by atoms with E-state index in [2.05, 4.69) is 29.9 Å². The maximum Gasteiger partial charge on any atom is 0.266 e. The molecular weight excluding hydrogens is 404 g/mol. The molecule has 0 aliphatic carbocycles. The van der Waals surface area contributed by atoms with E-state index >= 15 is 0 Å². The number of fused-ring (bicyclic) bond motifs is 1. The first-order valence-electron chi connectivity index (χ1n) is 10.7. The Labute approximate surface area is 185 Å². The van der Waals surface area contributed by atoms with Crippen LogP contribution in [-0.2, 0) is 6.54 Å². The molecule has 0 N–H and O–H groups in total. The number of pyridine rings is 2. The molecule has 0 amide bonds. The fourth-order valence-electron chi connectivity index (χ4n) is 4.00. The summed E-state index contributed by atoms with van der Waals surface area (Å²) in [5, 5.41) is 5.53. The van der Waals surface area contributed by atoms with E-state index in [1.54, 1.807) is 35.4 Å². The van der Waals surface area contributed by atoms with Crippen LogP contribution < -0.4 is 10.5 Å². The van der Waals surface area contributed by atoms with Crippen LogP contribution in [0.25, 0.3) is 22.3 Å². The molecule has 4 aromatic heterocycles. The van der Waals surface area contributed by atoms with Gasteiger partial charge in [0.05, 0.1) is 17.6 Å². The van der Waals surface area contributed by atoms with Gasteiger partial charge in [-0.05, 0) is 37.3 Å². The maximum absolute atomic E-state index is 12.3. The summed E-state index contributed by atoms with van der Waals surface area (Å²) in [5.74, 6) is 1.68. The van der Waals surface area contributed by atoms with Crippen LogP contribution in [0, 0.1) is 6.92 Å². The fourth-order valence-corrected chi connectivity index (χ4v) is 4.00. The van der Waals surface area contributed by atoms with Crippen molar-refractivity contribution in [3.63, 3.8) is 0 Å². The van der Waals surface area contributed by atoms with Gasteiger partial charge in [0.25, 0.3) is 5.56 Å². The molecule has 5 rings (SSSR count). The molecule has 0 spiro atoms. The highest BCUT2D eigenvalue weighted by Crippen LogP contribution is 2.23. The summed E-state index contributed by atoms with van der Waals surface area (Å²) < 4.78 is 1.55. The minimum absolute atomic E-state index is 0.0862. The topological polar surface area (TPSA) is 92.9 Å². The second-order valence-electron chi connectivity index (χ2n) is 7.81. The monoisotopic (exact) mass is 428 g/mol. The van der Waals surface area contributed by atoms with Crippen molar-refractivity contribution in [3.8, 4) is 11.3 Å². The zero-order valence-corrected chi connectivity index (χ0v) is 17.9. The van der Waals surface area contributed by atoms with Gasteiger partial charge < -0.3 is 4.90 Å². The number of nitrogens with zero attached hydrogens (tertiary/aromatic N) is 8. The van der Waals surface area contributed by atoms with E-state index in [-0.39, 0.29) is 5.56 Å². The minimum atomic E-state index is -0.0862. The summed E-state index contributed by atoms with van der Waals surface area (Å²) >= 11 is 0. The van der Waals surface area contributed by atoms with Crippen LogP contribution in [0.4, 0.5) is 5.82 Å². The van der Waals surface area contributed by atoms with Gasteiger partial charge in [-0.2, -0.15) is 5.10 Å². The molecule has 32 heavy (non-hydrogen) atoms. The second kappa shape index (κ2) is 8.80. The SMILES string of the molecule is Cc1nc(N2CCN(CCn3nc(-c4ccncc4)ccc3=O)CC2)c2cccnc2n1. The van der Waals surface area contributed by atoms with Gasteiger partial charge in [-0.25, -0.2) is 19.6 Å². The number of anilines is 1. The highest BCUT2D eigenvalue weighted by atomic mass is 16.1. The first-order chi connectivity index (χ1) is 15.7. The molecular formula is C23H24N8O. The first kappa shape index (κ1) is 20.2. The van der Waals surface area contributed by atoms with E-state index in [4.69, 9.17) is 4.98 Å². The number of piperazine rings is 1. The molecule has 0 atom stereocenters. The summed E-state index contributed by atoms with van der Waals surface area (Å²) in [6, 6.07) is 11.1. The third-order valence-electron chi connectivity index (χ3n) is 5.71. The summed E-state index contributed by atoms with van der Waals surface area (Å²) in [7, 11) is 0. The van der Waals surface area contributed by atoms with E-state index in [1.165, 1.54) is 0 Å². The molecule has 0 radical (unpaired) electrons. The Hall–Kier alpha value is -3.72. The molecule has 9 heteroatoms. The zero-order valence-electron chi connectivity index (χ0n) is 17.9. The Kier molecular flexibility index (Phi) is 5.55. The van der Waals surface area contributed by atoms with Crippen molar-refractivity contribution >= 4 is 16.9 Å². The molecule has 0 bridgehead atoms. The van der Waals surface area contributed by atoms with Crippen LogP contribution in [-0.4, -0.2) is 67.3 Å². The number of aromatic nitrogens is 6. The number of hydrogen-bond acceptors (Lipinski definition) is 8. The molecule has 1 aliphatic rings. The molecule has 5 heterocycles. The van der Waals surface area contributed by atoms with Gasteiger partial charge in [0.2, 0.25) is 0 Å². The molecule has 0 unspecified atom stereocenters. The average molecular weight is 429 g/mol. The van der Waals surface area contributed by atoms with E-state index in [0.717, 1.165) is 66.7 Å². The van der Waals surface area contributed by atoms with E-state index in [9.17, 15) is 4.79 Å². The third-order valence-corrected chi connectivity index (χ3v) is 5.71. The number of aryl methyl sites for hydroxylation is 1. The summed E-state index contributed by atoms with van der Waals surface area (Å²) in [4.78, 5) is 34.5. The van der Waals surface area contributed by atoms with Crippen LogP contribution >= 0.6 is 0 Å². The predicted octanol–water partition coefficient (Wildman–Crippen LogP) is 1.77. The normalized spacial score (nSPS) is 14.7. The van der Waals surface area contributed by atoms with Crippen molar-refractivity contribution in [2.24, 2.45) is 0 Å². The van der Waals surface area contributed by atoms with Gasteiger partial charge in [-0.1, -0.05) is 0 Å². The molecule has 4 aromatic rings. The highest BCUT2D eigenvalue weighted by molar-refractivity contribution is 5.86. The minimum Gasteiger partial charge on any atom is -0.353 e. The molecule has 1 aliphatic heterocycles. The molecule has 162 valence electrons. The van der Waals surface area contributed by atoms with Crippen molar-refractivity contribution in [2.45, 2.75) is 13.5 Å². The van der Waals surface area contributed by atoms with Crippen molar-refractivity contribution < 1.29 is 0 Å². The lowest BCUT2D eigenvalue weighted by atomic mass is 10.2. The van der Waals surface area contributed by atoms with Crippen molar-refractivity contribution in [2.75, 3.05) is 37.6 Å². The quantitative estimate of drug-likeness (QED) is 0.475. The van der Waals surface area contributed by atoms with Crippen LogP contribution in [0.5, 0.6) is 0 Å². The molecule has 0 saturated carbocycles. The number of hydrogen-bond donors (Lipinski definition) is 0. The molecule has 1 saturated heterocycles. The van der Waals surface area contributed by atoms with E-state index < -0.39 is 0 Å². The fraction of sp³-hybridized carbons (Fsp3) is 0.304. The van der Waals surface area contributed by atoms with Gasteiger partial charge in [0.15, 0.2) is 5.65 Å². The van der Waals surface area contributed by atoms with Crippen LogP contribution in [0.15, 0.2) is 59.8 Å².